The second kappa shape index (κ2) is 5.21. The van der Waals surface area contributed by atoms with Crippen LogP contribution in [0.2, 0.25) is 10.0 Å². The summed E-state index contributed by atoms with van der Waals surface area (Å²) in [5, 5.41) is 1.04. The summed E-state index contributed by atoms with van der Waals surface area (Å²) < 4.78 is 6.25. The average molecular weight is 299 g/mol. The highest BCUT2D eigenvalue weighted by atomic mass is 79.9. The van der Waals surface area contributed by atoms with Crippen LogP contribution in [0.1, 0.15) is 6.92 Å². The second-order valence-electron chi connectivity index (χ2n) is 2.86. The molecule has 0 heterocycles. The van der Waals surface area contributed by atoms with Gasteiger partial charge in [-0.15, -0.1) is 0 Å². The van der Waals surface area contributed by atoms with Gasteiger partial charge in [-0.2, -0.15) is 0 Å². The first kappa shape index (κ1) is 12.1. The van der Waals surface area contributed by atoms with Gasteiger partial charge in [-0.1, -0.05) is 23.2 Å². The molecule has 1 aromatic carbocycles. The third-order valence-electron chi connectivity index (χ3n) is 1.61. The molecule has 0 amide bonds. The van der Waals surface area contributed by atoms with E-state index in [0.29, 0.717) is 22.3 Å². The molecule has 0 aliphatic rings. The molecular formula is C9H10BrCl2NO. The normalized spacial score (nSPS) is 12.6. The van der Waals surface area contributed by atoms with E-state index in [2.05, 4.69) is 15.9 Å². The largest absolute Gasteiger partial charge is 0.487 e. The Morgan fingerprint density at radius 3 is 2.64 bits per heavy atom. The molecule has 2 nitrogen and oxygen atoms in total. The fourth-order valence-corrected chi connectivity index (χ4v) is 2.23. The van der Waals surface area contributed by atoms with Gasteiger partial charge in [0.25, 0.3) is 0 Å². The Labute approximate surface area is 101 Å². The first-order valence-electron chi connectivity index (χ1n) is 4.06. The third-order valence-corrected chi connectivity index (χ3v) is 2.70. The Hall–Kier alpha value is 0.0400. The minimum atomic E-state index is -0.0787. The molecule has 2 N–H and O–H groups in total. The van der Waals surface area contributed by atoms with E-state index in [-0.39, 0.29) is 6.10 Å². The molecule has 0 bridgehead atoms. The summed E-state index contributed by atoms with van der Waals surface area (Å²) in [6, 6.07) is 3.36. The molecule has 1 atom stereocenters. The molecular weight excluding hydrogens is 289 g/mol. The Kier molecular flexibility index (Phi) is 4.51. The van der Waals surface area contributed by atoms with E-state index in [4.69, 9.17) is 33.7 Å². The topological polar surface area (TPSA) is 35.2 Å². The summed E-state index contributed by atoms with van der Waals surface area (Å²) in [4.78, 5) is 0. The van der Waals surface area contributed by atoms with Crippen molar-refractivity contribution in [1.82, 2.24) is 0 Å². The van der Waals surface area contributed by atoms with Gasteiger partial charge in [-0.3, -0.25) is 0 Å². The lowest BCUT2D eigenvalue weighted by Gasteiger charge is -2.15. The maximum atomic E-state index is 5.96. The van der Waals surface area contributed by atoms with Gasteiger partial charge >= 0.3 is 0 Å². The van der Waals surface area contributed by atoms with Crippen molar-refractivity contribution in [3.05, 3.63) is 26.7 Å². The van der Waals surface area contributed by atoms with Crippen LogP contribution in [0.4, 0.5) is 0 Å². The molecule has 14 heavy (non-hydrogen) atoms. The zero-order valence-electron chi connectivity index (χ0n) is 7.56. The Bertz CT molecular complexity index is 310. The van der Waals surface area contributed by atoms with Gasteiger partial charge in [0.15, 0.2) is 5.75 Å². The minimum Gasteiger partial charge on any atom is -0.487 e. The van der Waals surface area contributed by atoms with Crippen LogP contribution in [-0.4, -0.2) is 12.6 Å². The molecule has 0 aliphatic carbocycles. The molecule has 78 valence electrons. The van der Waals surface area contributed by atoms with Crippen LogP contribution < -0.4 is 10.5 Å². The number of hydrogen-bond acceptors (Lipinski definition) is 2. The van der Waals surface area contributed by atoms with E-state index < -0.39 is 0 Å². The summed E-state index contributed by atoms with van der Waals surface area (Å²) in [5.74, 6) is 0.578. The highest BCUT2D eigenvalue weighted by molar-refractivity contribution is 9.10. The van der Waals surface area contributed by atoms with Crippen LogP contribution in [0.3, 0.4) is 0 Å². The molecule has 5 heteroatoms. The van der Waals surface area contributed by atoms with Crippen LogP contribution in [0, 0.1) is 0 Å². The molecule has 1 rings (SSSR count). The van der Waals surface area contributed by atoms with Crippen molar-refractivity contribution in [2.45, 2.75) is 13.0 Å². The molecule has 0 saturated carbocycles. The molecule has 0 fully saturated rings. The van der Waals surface area contributed by atoms with Crippen molar-refractivity contribution in [1.29, 1.82) is 0 Å². The average Bonchev–Trinajstić information content (AvgIpc) is 2.10. The van der Waals surface area contributed by atoms with Crippen molar-refractivity contribution in [2.75, 3.05) is 6.54 Å². The van der Waals surface area contributed by atoms with Crippen LogP contribution in [0.25, 0.3) is 0 Å². The first-order chi connectivity index (χ1) is 6.54. The lowest BCUT2D eigenvalue weighted by molar-refractivity contribution is 0.228. The highest BCUT2D eigenvalue weighted by Gasteiger charge is 2.11. The summed E-state index contributed by atoms with van der Waals surface area (Å²) in [5.41, 5.74) is 5.44. The zero-order valence-corrected chi connectivity index (χ0v) is 10.7. The van der Waals surface area contributed by atoms with E-state index in [1.807, 2.05) is 6.92 Å². The molecule has 0 spiro atoms. The van der Waals surface area contributed by atoms with Gasteiger partial charge in [0.05, 0.1) is 9.50 Å². The monoisotopic (exact) mass is 297 g/mol. The van der Waals surface area contributed by atoms with E-state index in [9.17, 15) is 0 Å². The maximum Gasteiger partial charge on any atom is 0.152 e. The molecule has 0 aliphatic heterocycles. The zero-order chi connectivity index (χ0) is 10.7. The quantitative estimate of drug-likeness (QED) is 0.927. The van der Waals surface area contributed by atoms with Gasteiger partial charge in [-0.25, -0.2) is 0 Å². The van der Waals surface area contributed by atoms with Crippen molar-refractivity contribution >= 4 is 39.1 Å². The first-order valence-corrected chi connectivity index (χ1v) is 5.60. The Morgan fingerprint density at radius 2 is 2.14 bits per heavy atom. The van der Waals surface area contributed by atoms with Gasteiger partial charge in [0, 0.05) is 11.6 Å². The SMILES string of the molecule is CC(CN)Oc1c(Cl)cc(Cl)cc1Br. The second-order valence-corrected chi connectivity index (χ2v) is 4.56. The number of halogens is 3. The van der Waals surface area contributed by atoms with Crippen molar-refractivity contribution in [3.8, 4) is 5.75 Å². The van der Waals surface area contributed by atoms with Crippen LogP contribution in [-0.2, 0) is 0 Å². The van der Waals surface area contributed by atoms with Crippen LogP contribution in [0.5, 0.6) is 5.75 Å². The summed E-state index contributed by atoms with van der Waals surface area (Å²) in [6.45, 7) is 2.31. The van der Waals surface area contributed by atoms with E-state index in [0.717, 1.165) is 4.47 Å². The summed E-state index contributed by atoms with van der Waals surface area (Å²) >= 11 is 15.1. The lowest BCUT2D eigenvalue weighted by Crippen LogP contribution is -2.23. The van der Waals surface area contributed by atoms with Crippen molar-refractivity contribution < 1.29 is 4.74 Å². The fraction of sp³-hybridized carbons (Fsp3) is 0.333. The smallest absolute Gasteiger partial charge is 0.152 e. The number of hydrogen-bond donors (Lipinski definition) is 1. The number of ether oxygens (including phenoxy) is 1. The predicted octanol–water partition coefficient (Wildman–Crippen LogP) is 3.48. The number of benzene rings is 1. The number of nitrogens with two attached hydrogens (primary N) is 1. The van der Waals surface area contributed by atoms with E-state index in [1.54, 1.807) is 12.1 Å². The van der Waals surface area contributed by atoms with Crippen LogP contribution in [0.15, 0.2) is 16.6 Å². The predicted molar refractivity (Wildman–Crippen MR) is 63.3 cm³/mol. The maximum absolute atomic E-state index is 5.96. The lowest BCUT2D eigenvalue weighted by atomic mass is 10.3. The van der Waals surface area contributed by atoms with Crippen LogP contribution >= 0.6 is 39.1 Å². The van der Waals surface area contributed by atoms with Gasteiger partial charge < -0.3 is 10.5 Å². The van der Waals surface area contributed by atoms with Gasteiger partial charge in [0.1, 0.15) is 6.10 Å². The molecule has 0 aromatic heterocycles. The fourth-order valence-electron chi connectivity index (χ4n) is 0.891. The van der Waals surface area contributed by atoms with Crippen molar-refractivity contribution in [3.63, 3.8) is 0 Å². The van der Waals surface area contributed by atoms with E-state index in [1.165, 1.54) is 0 Å². The van der Waals surface area contributed by atoms with Gasteiger partial charge in [0.2, 0.25) is 0 Å². The molecule has 1 aromatic rings. The van der Waals surface area contributed by atoms with E-state index >= 15 is 0 Å². The summed E-state index contributed by atoms with van der Waals surface area (Å²) in [6.07, 6.45) is -0.0787. The molecule has 1 unspecified atom stereocenters. The van der Waals surface area contributed by atoms with Crippen molar-refractivity contribution in [2.24, 2.45) is 5.73 Å². The minimum absolute atomic E-state index is 0.0787. The number of rotatable bonds is 3. The van der Waals surface area contributed by atoms with Gasteiger partial charge in [-0.05, 0) is 35.0 Å². The standard InChI is InChI=1S/C9H10BrCl2NO/c1-5(4-13)14-9-7(10)2-6(11)3-8(9)12/h2-3,5H,4,13H2,1H3. The molecule has 0 radical (unpaired) electrons. The highest BCUT2D eigenvalue weighted by Crippen LogP contribution is 2.36. The third kappa shape index (κ3) is 3.02. The Morgan fingerprint density at radius 1 is 1.50 bits per heavy atom. The Balaban J connectivity index is 2.96. The summed E-state index contributed by atoms with van der Waals surface area (Å²) in [7, 11) is 0. The molecule has 0 saturated heterocycles.